The summed E-state index contributed by atoms with van der Waals surface area (Å²) in [6.07, 6.45) is 2.41. The summed E-state index contributed by atoms with van der Waals surface area (Å²) >= 11 is 0. The highest BCUT2D eigenvalue weighted by molar-refractivity contribution is 7.06. The summed E-state index contributed by atoms with van der Waals surface area (Å²) in [4.78, 5) is 2.81. The normalized spacial score (nSPS) is 18.2. The van der Waals surface area contributed by atoms with Crippen LogP contribution in [-0.4, -0.2) is 19.5 Å². The fourth-order valence-electron chi connectivity index (χ4n) is 14.5. The molecule has 0 fully saturated rings. The molecule has 0 atom stereocenters. The summed E-state index contributed by atoms with van der Waals surface area (Å²) < 4.78 is 2.73. The topological polar surface area (TPSA) is 8.17 Å². The van der Waals surface area contributed by atoms with Crippen LogP contribution in [0.5, 0.6) is 0 Å². The minimum absolute atomic E-state index is 0.00174. The van der Waals surface area contributed by atoms with E-state index >= 15 is 0 Å². The maximum atomic E-state index is 2.81. The van der Waals surface area contributed by atoms with Gasteiger partial charge in [0.15, 0.2) is 0 Å². The smallest absolute Gasteiger partial charge is 0.333 e. The largest absolute Gasteiger partial charge is 0.376 e. The van der Waals surface area contributed by atoms with E-state index < -0.39 is 8.07 Å². The second kappa shape index (κ2) is 13.7. The maximum Gasteiger partial charge on any atom is 0.333 e. The SMILES string of the molecule is CC(C)(C)c1ccc(N2B3c4cc(C(C)(C)C)ccc4-n4c5ccc(C(C)(C)C)cc5c5c6c(c(c3c54)-c3cc4c(cc32)C(C)(C)c2cc3c(cc2-4)C(C)(C)CCC3(C)C)-c2ccccc2[Si]6(C)C)cc1. The Balaban J connectivity index is 1.25. The van der Waals surface area contributed by atoms with Crippen LogP contribution in [0.25, 0.3) is 60.9 Å². The Hall–Kier alpha value is -5.58. The second-order valence-corrected chi connectivity index (χ2v) is 32.4. The van der Waals surface area contributed by atoms with Crippen LogP contribution in [0.4, 0.5) is 11.4 Å². The minimum Gasteiger partial charge on any atom is -0.376 e. The Morgan fingerprint density at radius 2 is 1.10 bits per heavy atom. The lowest BCUT2D eigenvalue weighted by Gasteiger charge is -2.44. The van der Waals surface area contributed by atoms with E-state index in [1.165, 1.54) is 124 Å². The number of nitrogens with zero attached hydrogens (tertiary/aromatic N) is 2. The van der Waals surface area contributed by atoms with E-state index in [-0.39, 0.29) is 39.3 Å². The molecular formula is C67H73BN2Si. The molecule has 3 aliphatic heterocycles. The molecule has 2 nitrogen and oxygen atoms in total. The number of benzene rings is 7. The summed E-state index contributed by atoms with van der Waals surface area (Å²) in [5.41, 5.74) is 28.3. The highest BCUT2D eigenvalue weighted by atomic mass is 28.3. The molecule has 8 aromatic rings. The molecular weight excluding hydrogens is 872 g/mol. The van der Waals surface area contributed by atoms with Gasteiger partial charge < -0.3 is 9.38 Å². The van der Waals surface area contributed by atoms with Gasteiger partial charge in [-0.25, -0.2) is 0 Å². The van der Waals surface area contributed by atoms with E-state index in [1.54, 1.807) is 21.5 Å². The predicted octanol–water partition coefficient (Wildman–Crippen LogP) is 15.4. The van der Waals surface area contributed by atoms with Gasteiger partial charge in [0.2, 0.25) is 0 Å². The van der Waals surface area contributed by atoms with Crippen molar-refractivity contribution in [3.05, 3.63) is 148 Å². The molecule has 358 valence electrons. The Morgan fingerprint density at radius 3 is 1.76 bits per heavy atom. The van der Waals surface area contributed by atoms with Gasteiger partial charge in [-0.3, -0.25) is 0 Å². The number of hydrogen-bond acceptors (Lipinski definition) is 1. The zero-order valence-corrected chi connectivity index (χ0v) is 46.8. The molecule has 0 radical (unpaired) electrons. The van der Waals surface area contributed by atoms with Gasteiger partial charge >= 0.3 is 6.85 Å². The maximum absolute atomic E-state index is 2.81. The monoisotopic (exact) mass is 945 g/mol. The fourth-order valence-corrected chi connectivity index (χ4v) is 17.9. The van der Waals surface area contributed by atoms with Crippen molar-refractivity contribution in [3.8, 4) is 39.1 Å². The standard InChI is InChI=1S/C67H73BN2Si/c1-62(2,3)38-22-26-41(27-23-38)70-54-37-48-43(44-35-49-50(36-47(44)67(48,14)15)66(12,13)31-30-65(49,10)11)34-46(54)56-57-42-20-18-19-21-55(42)71(16,17)61(57)58-45-32-39(63(4,5)6)24-28-52(45)69-53-29-25-40(64(7,8)9)33-51(53)68(70)59(56)60(58)69/h18-29,32-37H,30-31H2,1-17H3. The Labute approximate surface area is 426 Å². The van der Waals surface area contributed by atoms with Crippen molar-refractivity contribution in [2.24, 2.45) is 0 Å². The second-order valence-electron chi connectivity index (χ2n) is 28.1. The molecule has 2 aliphatic carbocycles. The first kappa shape index (κ1) is 45.3. The summed E-state index contributed by atoms with van der Waals surface area (Å²) in [6.45, 7) is 41.5. The van der Waals surface area contributed by atoms with Gasteiger partial charge in [0.25, 0.3) is 0 Å². The summed E-state index contributed by atoms with van der Waals surface area (Å²) in [6, 6.07) is 45.0. The van der Waals surface area contributed by atoms with Crippen molar-refractivity contribution in [2.45, 2.75) is 162 Å². The number of rotatable bonds is 1. The molecule has 71 heavy (non-hydrogen) atoms. The van der Waals surface area contributed by atoms with E-state index in [0.717, 1.165) is 0 Å². The summed E-state index contributed by atoms with van der Waals surface area (Å²) in [5, 5.41) is 6.06. The molecule has 0 spiro atoms. The van der Waals surface area contributed by atoms with E-state index in [1.807, 2.05) is 0 Å². The Bertz CT molecular complexity index is 3700. The molecule has 0 bridgehead atoms. The number of hydrogen-bond donors (Lipinski definition) is 0. The molecule has 0 unspecified atom stereocenters. The molecule has 1 aromatic heterocycles. The van der Waals surface area contributed by atoms with Crippen LogP contribution in [0.3, 0.4) is 0 Å². The fraction of sp³-hybridized carbons (Fsp3) is 0.373. The van der Waals surface area contributed by atoms with Crippen molar-refractivity contribution in [1.29, 1.82) is 0 Å². The third-order valence-electron chi connectivity index (χ3n) is 18.9. The molecule has 0 amide bonds. The van der Waals surface area contributed by atoms with Gasteiger partial charge in [-0.1, -0.05) is 178 Å². The van der Waals surface area contributed by atoms with E-state index in [4.69, 9.17) is 0 Å². The highest BCUT2D eigenvalue weighted by Gasteiger charge is 2.52. The van der Waals surface area contributed by atoms with E-state index in [2.05, 4.69) is 236 Å². The van der Waals surface area contributed by atoms with Gasteiger partial charge in [-0.05, 0) is 177 Å². The molecule has 0 saturated heterocycles. The van der Waals surface area contributed by atoms with E-state index in [9.17, 15) is 0 Å². The number of anilines is 2. The number of fused-ring (bicyclic) bond motifs is 17. The molecule has 0 saturated carbocycles. The summed E-state index contributed by atoms with van der Waals surface area (Å²) in [5.74, 6) is 0. The molecule has 4 heteroatoms. The van der Waals surface area contributed by atoms with Gasteiger partial charge in [-0.15, -0.1) is 0 Å². The van der Waals surface area contributed by atoms with Gasteiger partial charge in [0, 0.05) is 38.8 Å². The van der Waals surface area contributed by atoms with Gasteiger partial charge in [0.1, 0.15) is 8.07 Å². The van der Waals surface area contributed by atoms with Crippen molar-refractivity contribution < 1.29 is 0 Å². The first-order valence-corrected chi connectivity index (χ1v) is 29.8. The predicted molar refractivity (Wildman–Crippen MR) is 311 cm³/mol. The van der Waals surface area contributed by atoms with Crippen LogP contribution in [0.1, 0.15) is 156 Å². The minimum atomic E-state index is -2.30. The van der Waals surface area contributed by atoms with Gasteiger partial charge in [0.05, 0.1) is 11.0 Å². The van der Waals surface area contributed by atoms with Crippen molar-refractivity contribution in [1.82, 2.24) is 4.57 Å². The summed E-state index contributed by atoms with van der Waals surface area (Å²) in [7, 11) is -2.30. The molecule has 13 rings (SSSR count). The number of aromatic nitrogens is 1. The van der Waals surface area contributed by atoms with E-state index in [0.29, 0.717) is 0 Å². The van der Waals surface area contributed by atoms with Crippen molar-refractivity contribution >= 4 is 69.4 Å². The Kier molecular flexibility index (Phi) is 8.75. The lowest BCUT2D eigenvalue weighted by atomic mass is 9.43. The zero-order chi connectivity index (χ0) is 50.2. The van der Waals surface area contributed by atoms with Crippen molar-refractivity contribution in [3.63, 3.8) is 0 Å². The molecule has 4 heterocycles. The quantitative estimate of drug-likeness (QED) is 0.149. The van der Waals surface area contributed by atoms with Crippen LogP contribution < -0.4 is 26.1 Å². The van der Waals surface area contributed by atoms with Crippen LogP contribution in [0.2, 0.25) is 13.1 Å². The van der Waals surface area contributed by atoms with Crippen LogP contribution >= 0.6 is 0 Å². The first-order valence-electron chi connectivity index (χ1n) is 26.8. The van der Waals surface area contributed by atoms with Crippen LogP contribution in [0, 0.1) is 0 Å². The van der Waals surface area contributed by atoms with Crippen LogP contribution in [-0.2, 0) is 32.5 Å². The lowest BCUT2D eigenvalue weighted by molar-refractivity contribution is 0.331. The zero-order valence-electron chi connectivity index (χ0n) is 45.8. The third kappa shape index (κ3) is 5.89. The Morgan fingerprint density at radius 1 is 0.521 bits per heavy atom. The lowest BCUT2D eigenvalue weighted by Crippen LogP contribution is -2.61. The highest BCUT2D eigenvalue weighted by Crippen LogP contribution is 2.59. The van der Waals surface area contributed by atoms with Crippen molar-refractivity contribution in [2.75, 3.05) is 4.81 Å². The molecule has 5 aliphatic rings. The molecule has 7 aromatic carbocycles. The average molecular weight is 945 g/mol. The average Bonchev–Trinajstić information content (AvgIpc) is 3.84. The molecule has 0 N–H and O–H groups in total. The first-order chi connectivity index (χ1) is 33.1. The van der Waals surface area contributed by atoms with Gasteiger partial charge in [-0.2, -0.15) is 0 Å². The third-order valence-corrected chi connectivity index (χ3v) is 22.4. The van der Waals surface area contributed by atoms with Crippen LogP contribution in [0.15, 0.2) is 109 Å².